The van der Waals surface area contributed by atoms with E-state index >= 15 is 0 Å². The Balaban J connectivity index is 1.59. The number of hydrogen-bond donors (Lipinski definition) is 0. The Morgan fingerprint density at radius 2 is 1.58 bits per heavy atom. The molecule has 0 radical (unpaired) electrons. The van der Waals surface area contributed by atoms with Crippen LogP contribution < -0.4 is 4.90 Å². The Kier molecular flexibility index (Phi) is 5.14. The highest BCUT2D eigenvalue weighted by molar-refractivity contribution is 5.94. The van der Waals surface area contributed by atoms with Gasteiger partial charge in [0.05, 0.1) is 0 Å². The van der Waals surface area contributed by atoms with Gasteiger partial charge in [-0.3, -0.25) is 4.79 Å². The number of benzene rings is 2. The van der Waals surface area contributed by atoms with Crippen molar-refractivity contribution in [2.45, 2.75) is 19.8 Å². The van der Waals surface area contributed by atoms with Crippen LogP contribution in [-0.4, -0.2) is 37.0 Å². The second kappa shape index (κ2) is 7.47. The van der Waals surface area contributed by atoms with Crippen molar-refractivity contribution in [3.63, 3.8) is 0 Å². The molecule has 1 aliphatic rings. The molecule has 0 spiro atoms. The molecule has 3 nitrogen and oxygen atoms in total. The van der Waals surface area contributed by atoms with Crippen LogP contribution in [0.25, 0.3) is 0 Å². The Hall–Kier alpha value is -2.36. The first-order valence-electron chi connectivity index (χ1n) is 8.56. The minimum absolute atomic E-state index is 0.0943. The second-order valence-electron chi connectivity index (χ2n) is 6.20. The maximum absolute atomic E-state index is 13.0. The van der Waals surface area contributed by atoms with Crippen molar-refractivity contribution >= 4 is 11.6 Å². The Bertz CT molecular complexity index is 674. The van der Waals surface area contributed by atoms with Gasteiger partial charge in [-0.1, -0.05) is 25.5 Å². The van der Waals surface area contributed by atoms with Gasteiger partial charge in [0.2, 0.25) is 0 Å². The number of piperazine rings is 1. The summed E-state index contributed by atoms with van der Waals surface area (Å²) in [7, 11) is 0. The standard InChI is InChI=1S/C20H23FN2O/c1-2-3-16-4-6-17(7-5-16)20(24)23-14-12-22(13-15-23)19-10-8-18(21)9-11-19/h4-11H,2-3,12-15H2,1H3. The van der Waals surface area contributed by atoms with Gasteiger partial charge in [0, 0.05) is 37.4 Å². The predicted octanol–water partition coefficient (Wildman–Crippen LogP) is 3.74. The van der Waals surface area contributed by atoms with Crippen LogP contribution in [-0.2, 0) is 6.42 Å². The third kappa shape index (κ3) is 3.75. The minimum atomic E-state index is -0.223. The van der Waals surface area contributed by atoms with Crippen molar-refractivity contribution in [2.24, 2.45) is 0 Å². The van der Waals surface area contributed by atoms with Crippen LogP contribution in [0.4, 0.5) is 10.1 Å². The first kappa shape index (κ1) is 16.5. The average Bonchev–Trinajstić information content (AvgIpc) is 2.63. The molecule has 0 aliphatic carbocycles. The first-order valence-corrected chi connectivity index (χ1v) is 8.56. The van der Waals surface area contributed by atoms with E-state index < -0.39 is 0 Å². The lowest BCUT2D eigenvalue weighted by Gasteiger charge is -2.36. The van der Waals surface area contributed by atoms with Crippen LogP contribution in [0.1, 0.15) is 29.3 Å². The fraction of sp³-hybridized carbons (Fsp3) is 0.350. The maximum Gasteiger partial charge on any atom is 0.253 e. The van der Waals surface area contributed by atoms with E-state index in [9.17, 15) is 9.18 Å². The molecule has 0 bridgehead atoms. The molecule has 1 heterocycles. The van der Waals surface area contributed by atoms with Gasteiger partial charge in [0.1, 0.15) is 5.82 Å². The quantitative estimate of drug-likeness (QED) is 0.854. The fourth-order valence-electron chi connectivity index (χ4n) is 3.10. The van der Waals surface area contributed by atoms with Crippen LogP contribution in [0.15, 0.2) is 48.5 Å². The van der Waals surface area contributed by atoms with Gasteiger partial charge in [-0.05, 0) is 48.4 Å². The molecule has 1 saturated heterocycles. The number of hydrogen-bond acceptors (Lipinski definition) is 2. The third-order valence-corrected chi connectivity index (χ3v) is 4.50. The zero-order chi connectivity index (χ0) is 16.9. The van der Waals surface area contributed by atoms with Crippen molar-refractivity contribution in [1.29, 1.82) is 0 Å². The summed E-state index contributed by atoms with van der Waals surface area (Å²) < 4.78 is 13.0. The summed E-state index contributed by atoms with van der Waals surface area (Å²) >= 11 is 0. The monoisotopic (exact) mass is 326 g/mol. The molecule has 0 N–H and O–H groups in total. The van der Waals surface area contributed by atoms with E-state index in [1.807, 2.05) is 29.2 Å². The summed E-state index contributed by atoms with van der Waals surface area (Å²) in [6, 6.07) is 14.5. The lowest BCUT2D eigenvalue weighted by atomic mass is 10.1. The second-order valence-corrected chi connectivity index (χ2v) is 6.20. The Morgan fingerprint density at radius 3 is 2.17 bits per heavy atom. The van der Waals surface area contributed by atoms with Crippen molar-refractivity contribution in [2.75, 3.05) is 31.1 Å². The van der Waals surface area contributed by atoms with E-state index in [1.54, 1.807) is 12.1 Å². The minimum Gasteiger partial charge on any atom is -0.368 e. The molecule has 126 valence electrons. The molecule has 0 saturated carbocycles. The highest BCUT2D eigenvalue weighted by Crippen LogP contribution is 2.18. The smallest absolute Gasteiger partial charge is 0.253 e. The normalized spacial score (nSPS) is 14.8. The summed E-state index contributed by atoms with van der Waals surface area (Å²) in [4.78, 5) is 16.7. The zero-order valence-corrected chi connectivity index (χ0v) is 14.0. The molecular formula is C20H23FN2O. The summed E-state index contributed by atoms with van der Waals surface area (Å²) in [5.41, 5.74) is 3.03. The van der Waals surface area contributed by atoms with E-state index in [1.165, 1.54) is 17.7 Å². The van der Waals surface area contributed by atoms with Crippen LogP contribution in [0.5, 0.6) is 0 Å². The molecule has 1 fully saturated rings. The van der Waals surface area contributed by atoms with Crippen molar-refractivity contribution in [1.82, 2.24) is 4.90 Å². The number of aryl methyl sites for hydroxylation is 1. The molecule has 1 amide bonds. The summed E-state index contributed by atoms with van der Waals surface area (Å²) in [5, 5.41) is 0. The lowest BCUT2D eigenvalue weighted by Crippen LogP contribution is -2.48. The Labute approximate surface area is 142 Å². The largest absolute Gasteiger partial charge is 0.368 e. The van der Waals surface area contributed by atoms with E-state index in [-0.39, 0.29) is 11.7 Å². The van der Waals surface area contributed by atoms with Gasteiger partial charge in [-0.2, -0.15) is 0 Å². The van der Waals surface area contributed by atoms with Gasteiger partial charge >= 0.3 is 0 Å². The van der Waals surface area contributed by atoms with Gasteiger partial charge in [-0.25, -0.2) is 4.39 Å². The molecule has 0 aromatic heterocycles. The number of halogens is 1. The summed E-state index contributed by atoms with van der Waals surface area (Å²) in [6.45, 7) is 5.07. The van der Waals surface area contributed by atoms with Crippen LogP contribution >= 0.6 is 0 Å². The van der Waals surface area contributed by atoms with Gasteiger partial charge in [-0.15, -0.1) is 0 Å². The first-order chi connectivity index (χ1) is 11.7. The highest BCUT2D eigenvalue weighted by atomic mass is 19.1. The lowest BCUT2D eigenvalue weighted by molar-refractivity contribution is 0.0747. The topological polar surface area (TPSA) is 23.6 Å². The molecule has 1 aliphatic heterocycles. The molecule has 0 atom stereocenters. The van der Waals surface area contributed by atoms with E-state index in [0.717, 1.165) is 37.2 Å². The molecular weight excluding hydrogens is 303 g/mol. The van der Waals surface area contributed by atoms with Crippen LogP contribution in [0, 0.1) is 5.82 Å². The average molecular weight is 326 g/mol. The predicted molar refractivity (Wildman–Crippen MR) is 95.0 cm³/mol. The van der Waals surface area contributed by atoms with Crippen LogP contribution in [0.3, 0.4) is 0 Å². The van der Waals surface area contributed by atoms with Crippen molar-refractivity contribution in [3.8, 4) is 0 Å². The van der Waals surface area contributed by atoms with Crippen LogP contribution in [0.2, 0.25) is 0 Å². The summed E-state index contributed by atoms with van der Waals surface area (Å²) in [6.07, 6.45) is 2.16. The van der Waals surface area contributed by atoms with Gasteiger partial charge in [0.15, 0.2) is 0 Å². The number of nitrogens with zero attached hydrogens (tertiary/aromatic N) is 2. The molecule has 0 unspecified atom stereocenters. The van der Waals surface area contributed by atoms with E-state index in [0.29, 0.717) is 13.1 Å². The molecule has 4 heteroatoms. The molecule has 3 rings (SSSR count). The molecule has 2 aromatic carbocycles. The fourth-order valence-corrected chi connectivity index (χ4v) is 3.10. The number of rotatable bonds is 4. The van der Waals surface area contributed by atoms with Gasteiger partial charge < -0.3 is 9.80 Å². The summed E-state index contributed by atoms with van der Waals surface area (Å²) in [5.74, 6) is -0.129. The zero-order valence-electron chi connectivity index (χ0n) is 14.0. The van der Waals surface area contributed by atoms with Gasteiger partial charge in [0.25, 0.3) is 5.91 Å². The number of carbonyl (C=O) groups is 1. The maximum atomic E-state index is 13.0. The van der Waals surface area contributed by atoms with Crippen molar-refractivity contribution < 1.29 is 9.18 Å². The molecule has 24 heavy (non-hydrogen) atoms. The number of amides is 1. The SMILES string of the molecule is CCCc1ccc(C(=O)N2CCN(c3ccc(F)cc3)CC2)cc1. The van der Waals surface area contributed by atoms with Crippen molar-refractivity contribution in [3.05, 3.63) is 65.5 Å². The van der Waals surface area contributed by atoms with E-state index in [4.69, 9.17) is 0 Å². The third-order valence-electron chi connectivity index (χ3n) is 4.50. The molecule has 2 aromatic rings. The number of carbonyl (C=O) groups excluding carboxylic acids is 1. The Morgan fingerprint density at radius 1 is 0.958 bits per heavy atom. The number of anilines is 1. The highest BCUT2D eigenvalue weighted by Gasteiger charge is 2.22. The van der Waals surface area contributed by atoms with E-state index in [2.05, 4.69) is 11.8 Å².